The number of hydrogen-bond donors (Lipinski definition) is 3. The lowest BCUT2D eigenvalue weighted by molar-refractivity contribution is -0.150. The summed E-state index contributed by atoms with van der Waals surface area (Å²) in [5.41, 5.74) is 1.08. The second-order valence-corrected chi connectivity index (χ2v) is 9.37. The van der Waals surface area contributed by atoms with Crippen molar-refractivity contribution in [3.8, 4) is 5.75 Å². The summed E-state index contributed by atoms with van der Waals surface area (Å²) in [6, 6.07) is 8.94. The fourth-order valence-corrected chi connectivity index (χ4v) is 4.62. The Morgan fingerprint density at radius 2 is 1.87 bits per heavy atom. The molecule has 1 saturated heterocycles. The van der Waals surface area contributed by atoms with Crippen LogP contribution < -0.4 is 5.32 Å². The number of amides is 3. The lowest BCUT2D eigenvalue weighted by Gasteiger charge is -2.33. The molecule has 2 aromatic carbocycles. The van der Waals surface area contributed by atoms with Crippen LogP contribution in [0.2, 0.25) is 0 Å². The van der Waals surface area contributed by atoms with Crippen LogP contribution in [0.5, 0.6) is 5.75 Å². The van der Waals surface area contributed by atoms with Crippen molar-refractivity contribution in [2.75, 3.05) is 13.1 Å². The van der Waals surface area contributed by atoms with Gasteiger partial charge in [0.15, 0.2) is 6.10 Å². The number of alkyl halides is 2. The van der Waals surface area contributed by atoms with Gasteiger partial charge >= 0.3 is 0 Å². The largest absolute Gasteiger partial charge is 0.508 e. The van der Waals surface area contributed by atoms with E-state index in [0.717, 1.165) is 11.0 Å². The van der Waals surface area contributed by atoms with Crippen molar-refractivity contribution in [2.24, 2.45) is 0 Å². The van der Waals surface area contributed by atoms with E-state index in [9.17, 15) is 24.6 Å². The van der Waals surface area contributed by atoms with Crippen molar-refractivity contribution >= 4 is 17.7 Å². The summed E-state index contributed by atoms with van der Waals surface area (Å²) in [6.07, 6.45) is -0.873. The van der Waals surface area contributed by atoms with Gasteiger partial charge in [0.05, 0.1) is 18.6 Å². The van der Waals surface area contributed by atoms with E-state index in [1.165, 1.54) is 32.0 Å². The second-order valence-electron chi connectivity index (χ2n) is 9.37. The van der Waals surface area contributed by atoms with E-state index in [-0.39, 0.29) is 24.3 Å². The third-order valence-corrected chi connectivity index (χ3v) is 6.98. The quantitative estimate of drug-likeness (QED) is 0.456. The van der Waals surface area contributed by atoms with Crippen LogP contribution in [0, 0.1) is 6.92 Å². The third-order valence-electron chi connectivity index (χ3n) is 6.98. The minimum Gasteiger partial charge on any atom is -0.508 e. The average Bonchev–Trinajstić information content (AvgIpc) is 2.96. The molecule has 10 heteroatoms. The second kappa shape index (κ2) is 11.7. The molecule has 0 spiro atoms. The number of halogens is 2. The first-order valence-electron chi connectivity index (χ1n) is 12.4. The highest BCUT2D eigenvalue weighted by molar-refractivity contribution is 5.97. The number of hydrogen-bond acceptors (Lipinski definition) is 5. The smallest absolute Gasteiger partial charge is 0.284 e. The number of aliphatic hydroxyl groups excluding tert-OH is 1. The van der Waals surface area contributed by atoms with Crippen molar-refractivity contribution in [1.29, 1.82) is 0 Å². The summed E-state index contributed by atoms with van der Waals surface area (Å²) < 4.78 is 30.2. The first kappa shape index (κ1) is 28.8. The molecule has 0 aliphatic carbocycles. The number of nitrogens with zero attached hydrogens (tertiary/aromatic N) is 2. The van der Waals surface area contributed by atoms with Crippen molar-refractivity contribution in [3.05, 3.63) is 77.9 Å². The predicted octanol–water partition coefficient (Wildman–Crippen LogP) is 2.67. The number of rotatable bonds is 8. The first-order chi connectivity index (χ1) is 17.9. The Kier molecular flexibility index (Phi) is 8.88. The zero-order valence-corrected chi connectivity index (χ0v) is 21.6. The lowest BCUT2D eigenvalue weighted by atomic mass is 9.98. The van der Waals surface area contributed by atoms with E-state index < -0.39 is 54.4 Å². The van der Waals surface area contributed by atoms with E-state index in [0.29, 0.717) is 16.0 Å². The van der Waals surface area contributed by atoms with Gasteiger partial charge in [-0.1, -0.05) is 42.5 Å². The molecule has 2 aromatic rings. The SMILES string of the molecule is C=C[C@H]1C(=O)N(CC)C(C)C(F)(F)CN1C(=O)[C@@H](O)[C@H](Cc1ccccc1)NC(=O)c1cccc(O)c1C. The Hall–Kier alpha value is -3.79. The normalized spacial score (nSPS) is 20.8. The van der Waals surface area contributed by atoms with Crippen molar-refractivity contribution in [2.45, 2.75) is 57.3 Å². The number of benzene rings is 2. The Labute approximate surface area is 220 Å². The van der Waals surface area contributed by atoms with Gasteiger partial charge in [-0.25, -0.2) is 8.78 Å². The summed E-state index contributed by atoms with van der Waals surface area (Å²) in [5, 5.41) is 23.8. The number of phenolic OH excluding ortho intramolecular Hbond substituents is 1. The first-order valence-corrected chi connectivity index (χ1v) is 12.4. The monoisotopic (exact) mass is 529 g/mol. The lowest BCUT2D eigenvalue weighted by Crippen LogP contribution is -2.57. The van der Waals surface area contributed by atoms with Crippen molar-refractivity contribution in [3.63, 3.8) is 0 Å². The predicted molar refractivity (Wildman–Crippen MR) is 138 cm³/mol. The fourth-order valence-electron chi connectivity index (χ4n) is 4.62. The number of carbonyl (C=O) groups is 3. The molecule has 1 unspecified atom stereocenters. The molecule has 1 aliphatic rings. The molecule has 1 fully saturated rings. The van der Waals surface area contributed by atoms with E-state index in [1.807, 2.05) is 0 Å². The van der Waals surface area contributed by atoms with E-state index in [1.54, 1.807) is 37.3 Å². The standard InChI is InChI=1S/C28H33F2N3O5/c1-5-22-26(37)32(6-2)18(4)28(29,30)16-33(22)27(38)24(35)21(15-19-11-8-7-9-12-19)31-25(36)20-13-10-14-23(34)17(20)3/h5,7-14,18,21-22,24,34-35H,1,6,15-16H2,2-4H3,(H,31,36)/t18?,21-,22-,24-/m0/s1. The van der Waals surface area contributed by atoms with Gasteiger partial charge in [-0.2, -0.15) is 0 Å². The van der Waals surface area contributed by atoms with Gasteiger partial charge in [0.25, 0.3) is 17.7 Å². The van der Waals surface area contributed by atoms with Crippen LogP contribution in [0.25, 0.3) is 0 Å². The van der Waals surface area contributed by atoms with Crippen LogP contribution >= 0.6 is 0 Å². The summed E-state index contributed by atoms with van der Waals surface area (Å²) in [6.45, 7) is 6.77. The molecule has 1 heterocycles. The molecule has 0 bridgehead atoms. The molecule has 0 saturated carbocycles. The van der Waals surface area contributed by atoms with Crippen LogP contribution in [-0.4, -0.2) is 81.0 Å². The fraction of sp³-hybridized carbons (Fsp3) is 0.393. The molecule has 8 nitrogen and oxygen atoms in total. The molecule has 4 atom stereocenters. The molecular formula is C28H33F2N3O5. The van der Waals surface area contributed by atoms with E-state index in [4.69, 9.17) is 0 Å². The summed E-state index contributed by atoms with van der Waals surface area (Å²) in [4.78, 5) is 41.4. The van der Waals surface area contributed by atoms with Crippen LogP contribution in [0.3, 0.4) is 0 Å². The molecule has 0 aromatic heterocycles. The minimum absolute atomic E-state index is 0.000472. The van der Waals surface area contributed by atoms with Crippen LogP contribution in [0.4, 0.5) is 8.78 Å². The van der Waals surface area contributed by atoms with Gasteiger partial charge < -0.3 is 25.3 Å². The van der Waals surface area contributed by atoms with Crippen LogP contribution in [-0.2, 0) is 16.0 Å². The number of aromatic hydroxyl groups is 1. The van der Waals surface area contributed by atoms with E-state index >= 15 is 8.78 Å². The van der Waals surface area contributed by atoms with E-state index in [2.05, 4.69) is 11.9 Å². The van der Waals surface area contributed by atoms with Crippen molar-refractivity contribution in [1.82, 2.24) is 15.1 Å². The summed E-state index contributed by atoms with van der Waals surface area (Å²) in [5.74, 6) is -6.11. The molecule has 1 aliphatic heterocycles. The number of aliphatic hydroxyl groups is 1. The van der Waals surface area contributed by atoms with Crippen molar-refractivity contribution < 1.29 is 33.4 Å². The molecule has 204 valence electrons. The van der Waals surface area contributed by atoms with Gasteiger partial charge in [0.2, 0.25) is 5.91 Å². The molecule has 38 heavy (non-hydrogen) atoms. The van der Waals surface area contributed by atoms with Gasteiger partial charge in [-0.15, -0.1) is 6.58 Å². The Balaban J connectivity index is 1.97. The number of phenols is 1. The maximum Gasteiger partial charge on any atom is 0.284 e. The Morgan fingerprint density at radius 3 is 2.47 bits per heavy atom. The van der Waals surface area contributed by atoms with Gasteiger partial charge in [0.1, 0.15) is 11.8 Å². The number of likely N-dealkylation sites (N-methyl/N-ethyl adjacent to an activating group) is 1. The molecule has 0 radical (unpaired) electrons. The average molecular weight is 530 g/mol. The zero-order chi connectivity index (χ0) is 28.2. The Bertz CT molecular complexity index is 1190. The molecule has 3 amide bonds. The van der Waals surface area contributed by atoms with Gasteiger partial charge in [-0.05, 0) is 44.9 Å². The number of nitrogens with one attached hydrogen (secondary N) is 1. The maximum absolute atomic E-state index is 15.1. The summed E-state index contributed by atoms with van der Waals surface area (Å²) in [7, 11) is 0. The molecular weight excluding hydrogens is 496 g/mol. The molecule has 3 rings (SSSR count). The van der Waals surface area contributed by atoms with Crippen LogP contribution in [0.1, 0.15) is 35.3 Å². The maximum atomic E-state index is 15.1. The molecule has 3 N–H and O–H groups in total. The van der Waals surface area contributed by atoms with Gasteiger partial charge in [0, 0.05) is 17.7 Å². The Morgan fingerprint density at radius 1 is 1.21 bits per heavy atom. The topological polar surface area (TPSA) is 110 Å². The number of carbonyl (C=O) groups excluding carboxylic acids is 3. The minimum atomic E-state index is -3.46. The zero-order valence-electron chi connectivity index (χ0n) is 21.6. The highest BCUT2D eigenvalue weighted by atomic mass is 19.3. The van der Waals surface area contributed by atoms with Crippen LogP contribution in [0.15, 0.2) is 61.2 Å². The van der Waals surface area contributed by atoms with Gasteiger partial charge in [-0.3, -0.25) is 14.4 Å². The third kappa shape index (κ3) is 5.85. The highest BCUT2D eigenvalue weighted by Gasteiger charge is 2.51. The summed E-state index contributed by atoms with van der Waals surface area (Å²) >= 11 is 0. The highest BCUT2D eigenvalue weighted by Crippen LogP contribution is 2.31.